The van der Waals surface area contributed by atoms with Crippen LogP contribution in [0.4, 0.5) is 0 Å². The summed E-state index contributed by atoms with van der Waals surface area (Å²) in [5.41, 5.74) is 0.170. The highest BCUT2D eigenvalue weighted by molar-refractivity contribution is 7.09. The average Bonchev–Trinajstić information content (AvgIpc) is 2.42. The summed E-state index contributed by atoms with van der Waals surface area (Å²) in [6.45, 7) is 12.0. The summed E-state index contributed by atoms with van der Waals surface area (Å²) in [6.07, 6.45) is 3.30. The van der Waals surface area contributed by atoms with E-state index in [1.54, 1.807) is 11.3 Å². The maximum Gasteiger partial charge on any atom is 0.182 e. The molecule has 0 saturated heterocycles. The first-order valence-electron chi connectivity index (χ1n) is 5.56. The van der Waals surface area contributed by atoms with Crippen LogP contribution in [-0.4, -0.2) is 4.57 Å². The van der Waals surface area contributed by atoms with Gasteiger partial charge >= 0.3 is 0 Å². The van der Waals surface area contributed by atoms with Gasteiger partial charge in [-0.05, 0) is 17.8 Å². The van der Waals surface area contributed by atoms with Crippen LogP contribution in [0.15, 0.2) is 6.20 Å². The van der Waals surface area contributed by atoms with Gasteiger partial charge in [0, 0.05) is 17.6 Å². The van der Waals surface area contributed by atoms with Crippen molar-refractivity contribution in [3.63, 3.8) is 0 Å². The average molecular weight is 226 g/mol. The molecule has 0 unspecified atom stereocenters. The third-order valence-corrected chi connectivity index (χ3v) is 3.79. The molecule has 0 aliphatic carbocycles. The Hall–Kier alpha value is -0.570. The van der Waals surface area contributed by atoms with Crippen LogP contribution in [0, 0.1) is 11.3 Å². The van der Waals surface area contributed by atoms with Gasteiger partial charge < -0.3 is 4.57 Å². The standard InChI is InChI=1S/C12H22N2S/c1-9(2)6-7-14-8-10(12(3,4)5)15-11(14)13/h8-9,13H,6-7H2,1-5H3. The molecule has 0 spiro atoms. The molecule has 0 bridgehead atoms. The second-order valence-corrected chi connectivity index (χ2v) is 6.56. The van der Waals surface area contributed by atoms with Crippen molar-refractivity contribution in [1.29, 1.82) is 5.41 Å². The third-order valence-electron chi connectivity index (χ3n) is 2.43. The maximum absolute atomic E-state index is 7.90. The number of aryl methyl sites for hydroxylation is 1. The second kappa shape index (κ2) is 4.52. The molecule has 15 heavy (non-hydrogen) atoms. The first-order valence-corrected chi connectivity index (χ1v) is 6.37. The van der Waals surface area contributed by atoms with Crippen molar-refractivity contribution in [2.24, 2.45) is 5.92 Å². The van der Waals surface area contributed by atoms with Crippen LogP contribution in [0.25, 0.3) is 0 Å². The van der Waals surface area contributed by atoms with Gasteiger partial charge in [-0.3, -0.25) is 5.41 Å². The fourth-order valence-electron chi connectivity index (χ4n) is 1.30. The minimum absolute atomic E-state index is 0.170. The van der Waals surface area contributed by atoms with Gasteiger partial charge in [-0.1, -0.05) is 34.6 Å². The molecule has 0 aliphatic heterocycles. The predicted octanol–water partition coefficient (Wildman–Crippen LogP) is 3.37. The Morgan fingerprint density at radius 1 is 1.40 bits per heavy atom. The third kappa shape index (κ3) is 3.49. The lowest BCUT2D eigenvalue weighted by atomic mass is 9.95. The van der Waals surface area contributed by atoms with Crippen LogP contribution >= 0.6 is 11.3 Å². The molecule has 1 aromatic rings. The first kappa shape index (κ1) is 12.5. The Morgan fingerprint density at radius 2 is 2.00 bits per heavy atom. The Labute approximate surface area is 96.5 Å². The molecule has 86 valence electrons. The van der Waals surface area contributed by atoms with E-state index < -0.39 is 0 Å². The molecule has 0 aromatic carbocycles. The predicted molar refractivity (Wildman–Crippen MR) is 66.3 cm³/mol. The highest BCUT2D eigenvalue weighted by Crippen LogP contribution is 2.24. The maximum atomic E-state index is 7.90. The SMILES string of the molecule is CC(C)CCn1cc(C(C)(C)C)sc1=N. The van der Waals surface area contributed by atoms with E-state index in [2.05, 4.69) is 45.4 Å². The second-order valence-electron chi connectivity index (χ2n) is 5.53. The summed E-state index contributed by atoms with van der Waals surface area (Å²) < 4.78 is 2.07. The molecule has 0 radical (unpaired) electrons. The van der Waals surface area contributed by atoms with Crippen molar-refractivity contribution in [2.45, 2.75) is 53.0 Å². The molecule has 0 amide bonds. The van der Waals surface area contributed by atoms with Crippen molar-refractivity contribution in [1.82, 2.24) is 4.57 Å². The Bertz CT molecular complexity index is 366. The van der Waals surface area contributed by atoms with E-state index in [0.29, 0.717) is 10.7 Å². The zero-order valence-corrected chi connectivity index (χ0v) is 11.2. The highest BCUT2D eigenvalue weighted by Gasteiger charge is 2.17. The summed E-state index contributed by atoms with van der Waals surface area (Å²) in [6, 6.07) is 0. The quantitative estimate of drug-likeness (QED) is 0.819. The first-order chi connectivity index (χ1) is 6.80. The van der Waals surface area contributed by atoms with E-state index in [0.717, 1.165) is 13.0 Å². The van der Waals surface area contributed by atoms with Gasteiger partial charge in [0.25, 0.3) is 0 Å². The summed E-state index contributed by atoms with van der Waals surface area (Å²) in [5.74, 6) is 0.704. The van der Waals surface area contributed by atoms with Crippen LogP contribution in [0.3, 0.4) is 0 Å². The number of nitrogens with zero attached hydrogens (tertiary/aromatic N) is 1. The van der Waals surface area contributed by atoms with Crippen LogP contribution in [0.2, 0.25) is 0 Å². The normalized spacial score (nSPS) is 12.4. The number of hydrogen-bond acceptors (Lipinski definition) is 2. The highest BCUT2D eigenvalue weighted by atomic mass is 32.1. The van der Waals surface area contributed by atoms with Crippen LogP contribution < -0.4 is 4.80 Å². The van der Waals surface area contributed by atoms with Gasteiger partial charge in [0.2, 0.25) is 0 Å². The largest absolute Gasteiger partial charge is 0.324 e. The lowest BCUT2D eigenvalue weighted by Gasteiger charge is -2.14. The van der Waals surface area contributed by atoms with Gasteiger partial charge in [-0.2, -0.15) is 0 Å². The molecule has 1 heterocycles. The number of aromatic nitrogens is 1. The Balaban J connectivity index is 2.83. The molecule has 0 saturated carbocycles. The fraction of sp³-hybridized carbons (Fsp3) is 0.750. The molecule has 3 heteroatoms. The van der Waals surface area contributed by atoms with E-state index in [-0.39, 0.29) is 5.41 Å². The van der Waals surface area contributed by atoms with Crippen molar-refractivity contribution in [3.8, 4) is 0 Å². The van der Waals surface area contributed by atoms with Gasteiger partial charge in [-0.25, -0.2) is 0 Å². The smallest absolute Gasteiger partial charge is 0.182 e. The molecule has 1 rings (SSSR count). The molecular formula is C12H22N2S. The zero-order valence-electron chi connectivity index (χ0n) is 10.4. The topological polar surface area (TPSA) is 28.8 Å². The zero-order chi connectivity index (χ0) is 11.6. The lowest BCUT2D eigenvalue weighted by molar-refractivity contribution is 0.505. The Kier molecular flexibility index (Phi) is 3.77. The van der Waals surface area contributed by atoms with Crippen LogP contribution in [-0.2, 0) is 12.0 Å². The van der Waals surface area contributed by atoms with Crippen molar-refractivity contribution < 1.29 is 0 Å². The van der Waals surface area contributed by atoms with E-state index in [4.69, 9.17) is 5.41 Å². The summed E-state index contributed by atoms with van der Waals surface area (Å²) >= 11 is 1.60. The number of thiazole rings is 1. The van der Waals surface area contributed by atoms with Crippen molar-refractivity contribution >= 4 is 11.3 Å². The van der Waals surface area contributed by atoms with Crippen LogP contribution in [0.1, 0.15) is 45.9 Å². The van der Waals surface area contributed by atoms with E-state index >= 15 is 0 Å². The Morgan fingerprint density at radius 3 is 2.40 bits per heavy atom. The minimum atomic E-state index is 0.170. The molecule has 2 nitrogen and oxygen atoms in total. The fourth-order valence-corrected chi connectivity index (χ4v) is 2.26. The molecule has 0 aliphatic rings. The van der Waals surface area contributed by atoms with E-state index in [9.17, 15) is 0 Å². The van der Waals surface area contributed by atoms with Gasteiger partial charge in [0.05, 0.1) is 0 Å². The van der Waals surface area contributed by atoms with Gasteiger partial charge in [0.15, 0.2) is 4.80 Å². The molecule has 1 N–H and O–H groups in total. The molecule has 0 fully saturated rings. The minimum Gasteiger partial charge on any atom is -0.324 e. The van der Waals surface area contributed by atoms with E-state index in [1.807, 2.05) is 0 Å². The van der Waals surface area contributed by atoms with Gasteiger partial charge in [0.1, 0.15) is 0 Å². The monoisotopic (exact) mass is 226 g/mol. The number of nitrogens with one attached hydrogen (secondary N) is 1. The van der Waals surface area contributed by atoms with Gasteiger partial charge in [-0.15, -0.1) is 11.3 Å². The summed E-state index contributed by atoms with van der Waals surface area (Å²) in [4.78, 5) is 1.98. The molecule has 1 aromatic heterocycles. The summed E-state index contributed by atoms with van der Waals surface area (Å²) in [5, 5.41) is 7.90. The number of hydrogen-bond donors (Lipinski definition) is 1. The molecular weight excluding hydrogens is 204 g/mol. The lowest BCUT2D eigenvalue weighted by Crippen LogP contribution is -2.13. The van der Waals surface area contributed by atoms with Crippen molar-refractivity contribution in [3.05, 3.63) is 15.9 Å². The van der Waals surface area contributed by atoms with Crippen LogP contribution in [0.5, 0.6) is 0 Å². The molecule has 0 atom stereocenters. The number of rotatable bonds is 3. The van der Waals surface area contributed by atoms with Crippen molar-refractivity contribution in [2.75, 3.05) is 0 Å². The van der Waals surface area contributed by atoms with E-state index in [1.165, 1.54) is 4.88 Å². The summed E-state index contributed by atoms with van der Waals surface area (Å²) in [7, 11) is 0.